The third kappa shape index (κ3) is 5.92. The van der Waals surface area contributed by atoms with Gasteiger partial charge in [-0.15, -0.1) is 0 Å². The lowest BCUT2D eigenvalue weighted by Gasteiger charge is -1.94. The number of ether oxygens (including phenoxy) is 1. The molecule has 0 amide bonds. The van der Waals surface area contributed by atoms with Gasteiger partial charge in [0.05, 0.1) is 13.2 Å². The maximum Gasteiger partial charge on any atom is 0.0697 e. The van der Waals surface area contributed by atoms with Crippen molar-refractivity contribution in [2.45, 2.75) is 6.42 Å². The average Bonchev–Trinajstić information content (AvgIpc) is 1.69. The molecule has 0 aliphatic carbocycles. The maximum atomic E-state index is 8.15. The standard InChI is InChI=1S/C5H11O2/c1-2-4-7-5-3-6/h6H,1-5H2. The van der Waals surface area contributed by atoms with Crippen LogP contribution in [-0.2, 0) is 4.74 Å². The predicted octanol–water partition coefficient (Wildman–Crippen LogP) is 0.219. The zero-order valence-electron chi connectivity index (χ0n) is 4.39. The van der Waals surface area contributed by atoms with Gasteiger partial charge in [0, 0.05) is 6.61 Å². The van der Waals surface area contributed by atoms with Gasteiger partial charge >= 0.3 is 0 Å². The minimum atomic E-state index is 0.111. The van der Waals surface area contributed by atoms with Crippen molar-refractivity contribution in [1.29, 1.82) is 0 Å². The summed E-state index contributed by atoms with van der Waals surface area (Å²) < 4.78 is 4.82. The molecule has 0 spiro atoms. The summed E-state index contributed by atoms with van der Waals surface area (Å²) in [5.41, 5.74) is 0. The first-order valence-corrected chi connectivity index (χ1v) is 2.39. The highest BCUT2D eigenvalue weighted by Gasteiger charge is 1.78. The zero-order chi connectivity index (χ0) is 5.54. The molecule has 0 atom stereocenters. The van der Waals surface area contributed by atoms with Crippen LogP contribution in [0.4, 0.5) is 0 Å². The van der Waals surface area contributed by atoms with Crippen LogP contribution in [0, 0.1) is 6.92 Å². The van der Waals surface area contributed by atoms with E-state index in [2.05, 4.69) is 6.92 Å². The summed E-state index contributed by atoms with van der Waals surface area (Å²) in [4.78, 5) is 0. The highest BCUT2D eigenvalue weighted by molar-refractivity contribution is 4.34. The zero-order valence-corrected chi connectivity index (χ0v) is 4.39. The molecule has 0 bridgehead atoms. The van der Waals surface area contributed by atoms with E-state index < -0.39 is 0 Å². The van der Waals surface area contributed by atoms with E-state index in [0.717, 1.165) is 6.42 Å². The van der Waals surface area contributed by atoms with Gasteiger partial charge in [-0.1, -0.05) is 6.92 Å². The molecule has 2 heteroatoms. The second-order valence-electron chi connectivity index (χ2n) is 1.19. The van der Waals surface area contributed by atoms with Crippen LogP contribution in [0.1, 0.15) is 6.42 Å². The van der Waals surface area contributed by atoms with Gasteiger partial charge in [-0.25, -0.2) is 0 Å². The van der Waals surface area contributed by atoms with E-state index >= 15 is 0 Å². The Morgan fingerprint density at radius 3 is 2.57 bits per heavy atom. The van der Waals surface area contributed by atoms with Crippen LogP contribution in [0.15, 0.2) is 0 Å². The molecule has 0 heterocycles. The monoisotopic (exact) mass is 103 g/mol. The molecule has 0 unspecified atom stereocenters. The van der Waals surface area contributed by atoms with Crippen molar-refractivity contribution in [3.63, 3.8) is 0 Å². The van der Waals surface area contributed by atoms with E-state index in [0.29, 0.717) is 13.2 Å². The topological polar surface area (TPSA) is 29.5 Å². The molecule has 43 valence electrons. The lowest BCUT2D eigenvalue weighted by Crippen LogP contribution is -1.98. The van der Waals surface area contributed by atoms with Gasteiger partial charge in [0.25, 0.3) is 0 Å². The molecule has 0 aliphatic heterocycles. The maximum absolute atomic E-state index is 8.15. The Bertz CT molecular complexity index is 25.3. The first-order valence-electron chi connectivity index (χ1n) is 2.39. The summed E-state index contributed by atoms with van der Waals surface area (Å²) in [7, 11) is 0. The first kappa shape index (κ1) is 6.92. The Balaban J connectivity index is 2.45. The van der Waals surface area contributed by atoms with Gasteiger partial charge in [-0.3, -0.25) is 0 Å². The normalized spacial score (nSPS) is 9.43. The van der Waals surface area contributed by atoms with Crippen molar-refractivity contribution in [3.8, 4) is 0 Å². The Morgan fingerprint density at radius 1 is 1.43 bits per heavy atom. The van der Waals surface area contributed by atoms with E-state index in [1.165, 1.54) is 0 Å². The Labute approximate surface area is 44.1 Å². The van der Waals surface area contributed by atoms with Gasteiger partial charge in [-0.05, 0) is 6.42 Å². The van der Waals surface area contributed by atoms with Crippen LogP contribution < -0.4 is 0 Å². The molecular formula is C5H11O2. The van der Waals surface area contributed by atoms with E-state index in [9.17, 15) is 0 Å². The molecule has 7 heavy (non-hydrogen) atoms. The summed E-state index contributed by atoms with van der Waals surface area (Å²) in [5.74, 6) is 0. The quantitative estimate of drug-likeness (QED) is 0.516. The van der Waals surface area contributed by atoms with Gasteiger partial charge in [0.15, 0.2) is 0 Å². The fourth-order valence-electron chi connectivity index (χ4n) is 0.269. The van der Waals surface area contributed by atoms with Crippen LogP contribution in [0.25, 0.3) is 0 Å². The smallest absolute Gasteiger partial charge is 0.0697 e. The third-order valence-electron chi connectivity index (χ3n) is 0.524. The van der Waals surface area contributed by atoms with Gasteiger partial charge in [0.2, 0.25) is 0 Å². The minimum Gasteiger partial charge on any atom is -0.394 e. The fourth-order valence-corrected chi connectivity index (χ4v) is 0.269. The van der Waals surface area contributed by atoms with E-state index in [4.69, 9.17) is 9.84 Å². The molecule has 0 rings (SSSR count). The first-order chi connectivity index (χ1) is 3.41. The number of rotatable bonds is 4. The van der Waals surface area contributed by atoms with E-state index in [-0.39, 0.29) is 6.61 Å². The van der Waals surface area contributed by atoms with Crippen molar-refractivity contribution in [2.24, 2.45) is 0 Å². The molecular weight excluding hydrogens is 92.1 g/mol. The lowest BCUT2D eigenvalue weighted by atomic mass is 10.5. The summed E-state index contributed by atoms with van der Waals surface area (Å²) in [6, 6.07) is 0. The number of aliphatic hydroxyl groups excluding tert-OH is 1. The number of hydrogen-bond acceptors (Lipinski definition) is 2. The second kappa shape index (κ2) is 5.92. The van der Waals surface area contributed by atoms with Gasteiger partial charge in [-0.2, -0.15) is 0 Å². The molecule has 0 saturated carbocycles. The average molecular weight is 103 g/mol. The molecule has 0 saturated heterocycles. The summed E-state index contributed by atoms with van der Waals surface area (Å²) in [6.45, 7) is 4.76. The molecule has 0 aliphatic rings. The minimum absolute atomic E-state index is 0.111. The van der Waals surface area contributed by atoms with Gasteiger partial charge < -0.3 is 9.84 Å². The van der Waals surface area contributed by atoms with Crippen molar-refractivity contribution < 1.29 is 9.84 Å². The highest BCUT2D eigenvalue weighted by Crippen LogP contribution is 1.76. The van der Waals surface area contributed by atoms with Crippen LogP contribution in [0.2, 0.25) is 0 Å². The number of aliphatic hydroxyl groups is 1. The summed E-state index contributed by atoms with van der Waals surface area (Å²) >= 11 is 0. The Kier molecular flexibility index (Phi) is 5.85. The highest BCUT2D eigenvalue weighted by atomic mass is 16.5. The van der Waals surface area contributed by atoms with Crippen molar-refractivity contribution in [1.82, 2.24) is 0 Å². The molecule has 0 aromatic carbocycles. The van der Waals surface area contributed by atoms with Crippen LogP contribution >= 0.6 is 0 Å². The van der Waals surface area contributed by atoms with Crippen LogP contribution in [-0.4, -0.2) is 24.9 Å². The largest absolute Gasteiger partial charge is 0.394 e. The van der Waals surface area contributed by atoms with Gasteiger partial charge in [0.1, 0.15) is 0 Å². The molecule has 0 aromatic rings. The molecule has 1 N–H and O–H groups in total. The van der Waals surface area contributed by atoms with E-state index in [1.54, 1.807) is 0 Å². The van der Waals surface area contributed by atoms with Crippen LogP contribution in [0.3, 0.4) is 0 Å². The molecule has 0 fully saturated rings. The molecule has 1 radical (unpaired) electrons. The lowest BCUT2D eigenvalue weighted by molar-refractivity contribution is 0.0952. The summed E-state index contributed by atoms with van der Waals surface area (Å²) in [6.07, 6.45) is 0.778. The fraction of sp³-hybridized carbons (Fsp3) is 0.800. The molecule has 0 aromatic heterocycles. The third-order valence-corrected chi connectivity index (χ3v) is 0.524. The second-order valence-corrected chi connectivity index (χ2v) is 1.19. The SMILES string of the molecule is [CH2]CCOCCO. The van der Waals surface area contributed by atoms with Crippen LogP contribution in [0.5, 0.6) is 0 Å². The number of hydrogen-bond donors (Lipinski definition) is 1. The predicted molar refractivity (Wildman–Crippen MR) is 27.9 cm³/mol. The Hall–Kier alpha value is -0.0800. The van der Waals surface area contributed by atoms with Crippen molar-refractivity contribution >= 4 is 0 Å². The van der Waals surface area contributed by atoms with E-state index in [1.807, 2.05) is 0 Å². The van der Waals surface area contributed by atoms with Crippen molar-refractivity contribution in [3.05, 3.63) is 6.92 Å². The molecule has 2 nitrogen and oxygen atoms in total. The Morgan fingerprint density at radius 2 is 2.14 bits per heavy atom. The summed E-state index contributed by atoms with van der Waals surface area (Å²) in [5, 5.41) is 8.15. The van der Waals surface area contributed by atoms with Crippen molar-refractivity contribution in [2.75, 3.05) is 19.8 Å².